The molecule has 1 aliphatic heterocycles. The van der Waals surface area contributed by atoms with Crippen LogP contribution in [0.5, 0.6) is 0 Å². The molecule has 1 aromatic carbocycles. The fraction of sp³-hybridized carbons (Fsp3) is 0.250. The molecule has 0 spiro atoms. The number of carbonyl (C=O) groups excluding carboxylic acids is 1. The number of nitrogens with two attached hydrogens (primary N) is 1. The molecule has 2 aromatic rings. The third-order valence-corrected chi connectivity index (χ3v) is 3.61. The van der Waals surface area contributed by atoms with Gasteiger partial charge in [0.2, 0.25) is 0 Å². The number of nitrogens with zero attached hydrogens (tertiary/aromatic N) is 2. The molecule has 1 amide bonds. The van der Waals surface area contributed by atoms with Crippen molar-refractivity contribution < 1.29 is 4.79 Å². The molecule has 0 atom stereocenters. The smallest absolute Gasteiger partial charge is 0.258 e. The van der Waals surface area contributed by atoms with Crippen molar-refractivity contribution in [1.29, 1.82) is 0 Å². The van der Waals surface area contributed by atoms with Gasteiger partial charge in [0.25, 0.3) is 5.91 Å². The van der Waals surface area contributed by atoms with Crippen LogP contribution in [0.25, 0.3) is 0 Å². The predicted molar refractivity (Wildman–Crippen MR) is 79.8 cm³/mol. The van der Waals surface area contributed by atoms with Gasteiger partial charge in [0, 0.05) is 35.4 Å². The van der Waals surface area contributed by atoms with Crippen molar-refractivity contribution in [2.75, 3.05) is 17.2 Å². The van der Waals surface area contributed by atoms with E-state index in [0.717, 1.165) is 42.0 Å². The molecule has 2 heterocycles. The molecule has 0 bridgehead atoms. The number of hydrogen-bond donors (Lipinski definition) is 1. The Morgan fingerprint density at radius 1 is 1.30 bits per heavy atom. The zero-order valence-corrected chi connectivity index (χ0v) is 11.5. The summed E-state index contributed by atoms with van der Waals surface area (Å²) in [4.78, 5) is 18.6. The lowest BCUT2D eigenvalue weighted by molar-refractivity contribution is 0.0985. The molecule has 0 aliphatic carbocycles. The lowest BCUT2D eigenvalue weighted by Crippen LogP contribution is -2.35. The monoisotopic (exact) mass is 267 g/mol. The number of aromatic nitrogens is 1. The van der Waals surface area contributed by atoms with E-state index >= 15 is 0 Å². The van der Waals surface area contributed by atoms with Gasteiger partial charge in [-0.3, -0.25) is 9.78 Å². The molecule has 0 saturated carbocycles. The Hall–Kier alpha value is -2.36. The van der Waals surface area contributed by atoms with Gasteiger partial charge in [0.05, 0.1) is 0 Å². The minimum Gasteiger partial charge on any atom is -0.399 e. The summed E-state index contributed by atoms with van der Waals surface area (Å²) in [6.45, 7) is 2.64. The third-order valence-electron chi connectivity index (χ3n) is 3.61. The van der Waals surface area contributed by atoms with Gasteiger partial charge in [-0.25, -0.2) is 0 Å². The zero-order chi connectivity index (χ0) is 14.1. The van der Waals surface area contributed by atoms with Crippen LogP contribution >= 0.6 is 0 Å². The Balaban J connectivity index is 1.98. The van der Waals surface area contributed by atoms with Gasteiger partial charge < -0.3 is 10.6 Å². The summed E-state index contributed by atoms with van der Waals surface area (Å²) in [5, 5.41) is 0. The molecular weight excluding hydrogens is 250 g/mol. The average Bonchev–Trinajstić information content (AvgIpc) is 2.45. The topological polar surface area (TPSA) is 59.2 Å². The van der Waals surface area contributed by atoms with Crippen LogP contribution in [0.2, 0.25) is 0 Å². The van der Waals surface area contributed by atoms with E-state index in [2.05, 4.69) is 4.98 Å². The summed E-state index contributed by atoms with van der Waals surface area (Å²) in [7, 11) is 0. The summed E-state index contributed by atoms with van der Waals surface area (Å²) in [6.07, 6.45) is 3.61. The first-order chi connectivity index (χ1) is 9.65. The number of nitrogen functional groups attached to an aromatic ring is 1. The first-order valence-electron chi connectivity index (χ1n) is 6.78. The number of rotatable bonds is 1. The highest BCUT2D eigenvalue weighted by Gasteiger charge is 2.23. The van der Waals surface area contributed by atoms with Gasteiger partial charge in [0.15, 0.2) is 0 Å². The average molecular weight is 267 g/mol. The van der Waals surface area contributed by atoms with Crippen molar-refractivity contribution >= 4 is 17.3 Å². The van der Waals surface area contributed by atoms with Gasteiger partial charge >= 0.3 is 0 Å². The highest BCUT2D eigenvalue weighted by atomic mass is 16.2. The van der Waals surface area contributed by atoms with Gasteiger partial charge in [-0.05, 0) is 55.7 Å². The molecule has 1 aromatic heterocycles. The van der Waals surface area contributed by atoms with Crippen molar-refractivity contribution in [2.45, 2.75) is 19.8 Å². The Bertz CT molecular complexity index is 667. The quantitative estimate of drug-likeness (QED) is 0.808. The normalized spacial score (nSPS) is 13.9. The minimum absolute atomic E-state index is 0.0289. The predicted octanol–water partition coefficient (Wildman–Crippen LogP) is 2.57. The third kappa shape index (κ3) is 2.25. The second kappa shape index (κ2) is 4.96. The van der Waals surface area contributed by atoms with Crippen LogP contribution in [-0.2, 0) is 6.42 Å². The number of benzene rings is 1. The van der Waals surface area contributed by atoms with Crippen LogP contribution in [0.15, 0.2) is 36.5 Å². The Morgan fingerprint density at radius 2 is 2.15 bits per heavy atom. The van der Waals surface area contributed by atoms with E-state index in [0.29, 0.717) is 5.56 Å². The minimum atomic E-state index is 0.0289. The Kier molecular flexibility index (Phi) is 3.14. The summed E-state index contributed by atoms with van der Waals surface area (Å²) < 4.78 is 0. The SMILES string of the molecule is Cc1cc(C(=O)N2CCCc3cc(N)ccc32)ccn1. The molecule has 0 unspecified atom stereocenters. The maximum Gasteiger partial charge on any atom is 0.258 e. The molecule has 4 nitrogen and oxygen atoms in total. The molecule has 3 rings (SSSR count). The van der Waals surface area contributed by atoms with Crippen LogP contribution < -0.4 is 10.6 Å². The lowest BCUT2D eigenvalue weighted by Gasteiger charge is -2.29. The summed E-state index contributed by atoms with van der Waals surface area (Å²) in [6, 6.07) is 9.35. The molecule has 1 aliphatic rings. The second-order valence-corrected chi connectivity index (χ2v) is 5.13. The molecule has 4 heteroatoms. The van der Waals surface area contributed by atoms with Crippen molar-refractivity contribution in [3.05, 3.63) is 53.3 Å². The number of carbonyl (C=O) groups is 1. The first kappa shape index (κ1) is 12.7. The van der Waals surface area contributed by atoms with Gasteiger partial charge in [0.1, 0.15) is 0 Å². The van der Waals surface area contributed by atoms with E-state index in [9.17, 15) is 4.79 Å². The number of amides is 1. The number of anilines is 2. The fourth-order valence-corrected chi connectivity index (χ4v) is 2.66. The first-order valence-corrected chi connectivity index (χ1v) is 6.78. The van der Waals surface area contributed by atoms with Crippen molar-refractivity contribution in [3.63, 3.8) is 0 Å². The number of fused-ring (bicyclic) bond motifs is 1. The fourth-order valence-electron chi connectivity index (χ4n) is 2.66. The molecule has 0 fully saturated rings. The van der Waals surface area contributed by atoms with Crippen LogP contribution in [0, 0.1) is 6.92 Å². The van der Waals surface area contributed by atoms with E-state index in [1.54, 1.807) is 12.3 Å². The number of pyridine rings is 1. The van der Waals surface area contributed by atoms with Crippen LogP contribution in [0.1, 0.15) is 28.0 Å². The summed E-state index contributed by atoms with van der Waals surface area (Å²) in [5.41, 5.74) is 10.2. The largest absolute Gasteiger partial charge is 0.399 e. The highest BCUT2D eigenvalue weighted by molar-refractivity contribution is 6.06. The number of hydrogen-bond acceptors (Lipinski definition) is 3. The molecule has 20 heavy (non-hydrogen) atoms. The van der Waals surface area contributed by atoms with Gasteiger partial charge in [-0.15, -0.1) is 0 Å². The lowest BCUT2D eigenvalue weighted by atomic mass is 10.00. The van der Waals surface area contributed by atoms with Crippen LogP contribution in [-0.4, -0.2) is 17.4 Å². The standard InChI is InChI=1S/C16H17N3O/c1-11-9-13(6-7-18-11)16(20)19-8-2-3-12-10-14(17)4-5-15(12)19/h4-7,9-10H,2-3,8,17H2,1H3. The maximum absolute atomic E-state index is 12.7. The van der Waals surface area contributed by atoms with Crippen molar-refractivity contribution in [1.82, 2.24) is 4.98 Å². The Labute approximate surface area is 118 Å². The second-order valence-electron chi connectivity index (χ2n) is 5.13. The summed E-state index contributed by atoms with van der Waals surface area (Å²) >= 11 is 0. The summed E-state index contributed by atoms with van der Waals surface area (Å²) in [5.74, 6) is 0.0289. The molecule has 0 saturated heterocycles. The van der Waals surface area contributed by atoms with Crippen LogP contribution in [0.4, 0.5) is 11.4 Å². The van der Waals surface area contributed by atoms with Gasteiger partial charge in [-0.1, -0.05) is 0 Å². The molecule has 0 radical (unpaired) electrons. The van der Waals surface area contributed by atoms with Crippen LogP contribution in [0.3, 0.4) is 0 Å². The van der Waals surface area contributed by atoms with E-state index < -0.39 is 0 Å². The van der Waals surface area contributed by atoms with Crippen molar-refractivity contribution in [3.8, 4) is 0 Å². The van der Waals surface area contributed by atoms with Crippen molar-refractivity contribution in [2.24, 2.45) is 0 Å². The van der Waals surface area contributed by atoms with E-state index in [4.69, 9.17) is 5.73 Å². The van der Waals surface area contributed by atoms with Gasteiger partial charge in [-0.2, -0.15) is 0 Å². The van der Waals surface area contributed by atoms with E-state index in [-0.39, 0.29) is 5.91 Å². The number of aryl methyl sites for hydroxylation is 2. The molecule has 2 N–H and O–H groups in total. The Morgan fingerprint density at radius 3 is 2.95 bits per heavy atom. The molecular formula is C16H17N3O. The zero-order valence-electron chi connectivity index (χ0n) is 11.5. The maximum atomic E-state index is 12.7. The molecule has 102 valence electrons. The van der Waals surface area contributed by atoms with E-state index in [1.165, 1.54) is 0 Å². The highest BCUT2D eigenvalue weighted by Crippen LogP contribution is 2.30. The van der Waals surface area contributed by atoms with E-state index in [1.807, 2.05) is 36.1 Å².